The zero-order valence-corrected chi connectivity index (χ0v) is 19.7. The summed E-state index contributed by atoms with van der Waals surface area (Å²) in [5.41, 5.74) is 4.93. The van der Waals surface area contributed by atoms with E-state index in [4.69, 9.17) is 26.3 Å². The van der Waals surface area contributed by atoms with E-state index in [9.17, 15) is 4.79 Å². The summed E-state index contributed by atoms with van der Waals surface area (Å²) < 4.78 is 20.4. The van der Waals surface area contributed by atoms with Gasteiger partial charge in [0.05, 0.1) is 30.6 Å². The smallest absolute Gasteiger partial charge is 0.227 e. The molecule has 8 heteroatoms. The number of benzene rings is 3. The maximum Gasteiger partial charge on any atom is 0.227 e. The second-order valence-corrected chi connectivity index (χ2v) is 8.43. The molecule has 35 heavy (non-hydrogen) atoms. The van der Waals surface area contributed by atoms with E-state index in [-0.39, 0.29) is 17.9 Å². The number of carbonyl (C=O) groups is 1. The predicted octanol–water partition coefficient (Wildman–Crippen LogP) is 6.24. The number of nitrogens with zero attached hydrogens (tertiary/aromatic N) is 3. The van der Waals surface area contributed by atoms with E-state index in [1.54, 1.807) is 54.7 Å². The van der Waals surface area contributed by atoms with Gasteiger partial charge in [-0.15, -0.1) is 0 Å². The number of ketones is 1. The number of aliphatic imine (C=N–C) groups is 1. The van der Waals surface area contributed by atoms with Crippen molar-refractivity contribution in [2.45, 2.75) is 13.5 Å². The van der Waals surface area contributed by atoms with Gasteiger partial charge in [0.25, 0.3) is 0 Å². The molecule has 1 N–H and O–H groups in total. The molecule has 5 rings (SSSR count). The lowest BCUT2D eigenvalue weighted by molar-refractivity contribution is 0.101. The van der Waals surface area contributed by atoms with Crippen LogP contribution in [0.25, 0.3) is 11.3 Å². The highest BCUT2D eigenvalue weighted by atomic mass is 35.5. The monoisotopic (exact) mass is 486 g/mol. The van der Waals surface area contributed by atoms with E-state index in [0.29, 0.717) is 39.3 Å². The number of rotatable bonds is 5. The summed E-state index contributed by atoms with van der Waals surface area (Å²) in [4.78, 5) is 25.5. The summed E-state index contributed by atoms with van der Waals surface area (Å²) in [6.07, 6.45) is 1.71. The van der Waals surface area contributed by atoms with Gasteiger partial charge in [-0.05, 0) is 55.5 Å². The van der Waals surface area contributed by atoms with E-state index in [0.717, 1.165) is 16.8 Å². The lowest BCUT2D eigenvalue weighted by atomic mass is 9.94. The maximum atomic E-state index is 15.0. The third kappa shape index (κ3) is 4.38. The number of hydrogen-bond acceptors (Lipinski definition) is 6. The Bertz CT molecular complexity index is 1490. The lowest BCUT2D eigenvalue weighted by Gasteiger charge is -2.15. The van der Waals surface area contributed by atoms with Crippen LogP contribution in [0.4, 0.5) is 16.0 Å². The van der Waals surface area contributed by atoms with Gasteiger partial charge in [0.1, 0.15) is 11.6 Å². The summed E-state index contributed by atoms with van der Waals surface area (Å²) in [5.74, 6) is 0.313. The van der Waals surface area contributed by atoms with Crippen molar-refractivity contribution >= 4 is 34.7 Å². The first-order valence-electron chi connectivity index (χ1n) is 10.9. The number of anilines is 2. The average molecular weight is 487 g/mol. The van der Waals surface area contributed by atoms with Crippen molar-refractivity contribution in [1.82, 2.24) is 9.97 Å². The van der Waals surface area contributed by atoms with Gasteiger partial charge in [0, 0.05) is 39.2 Å². The molecule has 4 aromatic rings. The van der Waals surface area contributed by atoms with Gasteiger partial charge in [-0.25, -0.2) is 14.4 Å². The van der Waals surface area contributed by atoms with Crippen LogP contribution in [0.1, 0.15) is 34.0 Å². The number of aromatic nitrogens is 2. The molecule has 0 saturated carbocycles. The predicted molar refractivity (Wildman–Crippen MR) is 135 cm³/mol. The van der Waals surface area contributed by atoms with Crippen molar-refractivity contribution in [3.05, 3.63) is 100.0 Å². The molecule has 0 bridgehead atoms. The first kappa shape index (κ1) is 22.7. The molecular formula is C27H20ClFN4O2. The second kappa shape index (κ2) is 9.27. The van der Waals surface area contributed by atoms with E-state index < -0.39 is 5.82 Å². The summed E-state index contributed by atoms with van der Waals surface area (Å²) in [6.45, 7) is 1.77. The van der Waals surface area contributed by atoms with Crippen LogP contribution in [0, 0.1) is 5.82 Å². The summed E-state index contributed by atoms with van der Waals surface area (Å²) in [6, 6.07) is 17.1. The number of hydrogen-bond donors (Lipinski definition) is 1. The van der Waals surface area contributed by atoms with Crippen LogP contribution < -0.4 is 10.1 Å². The SMILES string of the molecule is COc1cccc(F)c1C1=NCc2cnc(Nc3ccc(C(C)=O)cc3)nc2-c2ccc(Cl)cc21. The van der Waals surface area contributed by atoms with Crippen LogP contribution in [0.2, 0.25) is 5.02 Å². The number of ether oxygens (including phenoxy) is 1. The molecule has 0 radical (unpaired) electrons. The number of carbonyl (C=O) groups excluding carboxylic acids is 1. The fraction of sp³-hybridized carbons (Fsp3) is 0.111. The molecule has 0 spiro atoms. The highest BCUT2D eigenvalue weighted by Crippen LogP contribution is 2.36. The second-order valence-electron chi connectivity index (χ2n) is 8.00. The molecule has 2 heterocycles. The van der Waals surface area contributed by atoms with E-state index in [1.165, 1.54) is 20.1 Å². The minimum atomic E-state index is -0.442. The van der Waals surface area contributed by atoms with Crippen molar-refractivity contribution in [3.63, 3.8) is 0 Å². The Labute approximate surface area is 206 Å². The third-order valence-electron chi connectivity index (χ3n) is 5.74. The van der Waals surface area contributed by atoms with Crippen LogP contribution in [0.15, 0.2) is 71.9 Å². The minimum Gasteiger partial charge on any atom is -0.496 e. The Morgan fingerprint density at radius 2 is 1.89 bits per heavy atom. The van der Waals surface area contributed by atoms with Crippen molar-refractivity contribution in [3.8, 4) is 17.0 Å². The summed E-state index contributed by atoms with van der Waals surface area (Å²) in [7, 11) is 1.50. The van der Waals surface area contributed by atoms with Gasteiger partial charge in [-0.1, -0.05) is 23.7 Å². The Kier molecular flexibility index (Phi) is 6.01. The summed E-state index contributed by atoms with van der Waals surface area (Å²) >= 11 is 6.35. The number of nitrogens with one attached hydrogen (secondary N) is 1. The largest absolute Gasteiger partial charge is 0.496 e. The fourth-order valence-electron chi connectivity index (χ4n) is 4.02. The van der Waals surface area contributed by atoms with Crippen molar-refractivity contribution < 1.29 is 13.9 Å². The molecule has 0 fully saturated rings. The lowest BCUT2D eigenvalue weighted by Crippen LogP contribution is -2.09. The van der Waals surface area contributed by atoms with Crippen molar-refractivity contribution in [2.75, 3.05) is 12.4 Å². The van der Waals surface area contributed by atoms with E-state index >= 15 is 4.39 Å². The van der Waals surface area contributed by atoms with Crippen LogP contribution in [-0.4, -0.2) is 28.6 Å². The molecule has 1 aliphatic rings. The van der Waals surface area contributed by atoms with E-state index in [2.05, 4.69) is 10.3 Å². The van der Waals surface area contributed by atoms with Gasteiger partial charge >= 0.3 is 0 Å². The Balaban J connectivity index is 1.60. The maximum absolute atomic E-state index is 15.0. The Morgan fingerprint density at radius 1 is 1.09 bits per heavy atom. The number of methoxy groups -OCH3 is 1. The standard InChI is InChI=1S/C27H20ClFN4O2/c1-15(34)16-6-9-19(10-7-16)32-27-31-14-17-13-30-26(24-22(29)4-3-5-23(24)35-2)21-12-18(28)8-11-20(21)25(17)33-27/h3-12,14H,13H2,1-2H3,(H,31,32,33). The molecule has 174 valence electrons. The van der Waals surface area contributed by atoms with Crippen LogP contribution >= 0.6 is 11.6 Å². The first-order chi connectivity index (χ1) is 16.9. The topological polar surface area (TPSA) is 76.5 Å². The molecule has 1 aromatic heterocycles. The average Bonchev–Trinajstić information content (AvgIpc) is 3.00. The van der Waals surface area contributed by atoms with Gasteiger partial charge in [0.2, 0.25) is 5.95 Å². The van der Waals surface area contributed by atoms with Gasteiger partial charge < -0.3 is 10.1 Å². The third-order valence-corrected chi connectivity index (χ3v) is 5.98. The number of halogens is 2. The molecule has 0 saturated heterocycles. The van der Waals surface area contributed by atoms with Gasteiger partial charge in [-0.2, -0.15) is 0 Å². The van der Waals surface area contributed by atoms with E-state index in [1.807, 2.05) is 6.07 Å². The molecule has 0 amide bonds. The Morgan fingerprint density at radius 3 is 2.63 bits per heavy atom. The van der Waals surface area contributed by atoms with Gasteiger partial charge in [-0.3, -0.25) is 9.79 Å². The summed E-state index contributed by atoms with van der Waals surface area (Å²) in [5, 5.41) is 3.67. The fourth-order valence-corrected chi connectivity index (χ4v) is 4.19. The molecule has 1 aliphatic heterocycles. The highest BCUT2D eigenvalue weighted by molar-refractivity contribution is 6.31. The molecular weight excluding hydrogens is 467 g/mol. The number of fused-ring (bicyclic) bond motifs is 3. The van der Waals surface area contributed by atoms with Crippen LogP contribution in [-0.2, 0) is 6.54 Å². The van der Waals surface area contributed by atoms with Crippen LogP contribution in [0.5, 0.6) is 5.75 Å². The minimum absolute atomic E-state index is 0.00427. The van der Waals surface area contributed by atoms with Crippen LogP contribution in [0.3, 0.4) is 0 Å². The molecule has 6 nitrogen and oxygen atoms in total. The van der Waals surface area contributed by atoms with Gasteiger partial charge in [0.15, 0.2) is 5.78 Å². The highest BCUT2D eigenvalue weighted by Gasteiger charge is 2.25. The quantitative estimate of drug-likeness (QED) is 0.338. The Hall–Kier alpha value is -4.10. The molecule has 0 aliphatic carbocycles. The van der Waals surface area contributed by atoms with Crippen molar-refractivity contribution in [1.29, 1.82) is 0 Å². The zero-order valence-electron chi connectivity index (χ0n) is 19.0. The molecule has 0 atom stereocenters. The molecule has 3 aromatic carbocycles. The zero-order chi connectivity index (χ0) is 24.5. The van der Waals surface area contributed by atoms with Crippen molar-refractivity contribution in [2.24, 2.45) is 4.99 Å². The normalized spacial score (nSPS) is 12.2. The number of Topliss-reactive ketones (excluding diaryl/α,β-unsaturated/α-hetero) is 1. The molecule has 0 unspecified atom stereocenters. The first-order valence-corrected chi connectivity index (χ1v) is 11.2.